The number of hydrogen-bond donors (Lipinski definition) is 1. The number of carboxylic acid groups (broad SMARTS) is 1. The summed E-state index contributed by atoms with van der Waals surface area (Å²) in [7, 11) is 3.94. The van der Waals surface area contributed by atoms with E-state index in [-0.39, 0.29) is 30.1 Å². The van der Waals surface area contributed by atoms with E-state index in [1.165, 1.54) is 0 Å². The SMILES string of the molecule is CC(=O)N1CCCN(CC[C@@H]2CN(C(=O)c3ccc(N(C)C)cc3)CC[C@H]2CC(=O)O)CC1. The summed E-state index contributed by atoms with van der Waals surface area (Å²) >= 11 is 0. The predicted octanol–water partition coefficient (Wildman–Crippen LogP) is 2.25. The Morgan fingerprint density at radius 2 is 1.70 bits per heavy atom. The highest BCUT2D eigenvalue weighted by atomic mass is 16.4. The topological polar surface area (TPSA) is 84.4 Å². The number of anilines is 1. The Hall–Kier alpha value is -2.61. The molecule has 0 aromatic heterocycles. The first-order valence-corrected chi connectivity index (χ1v) is 12.0. The lowest BCUT2D eigenvalue weighted by atomic mass is 9.81. The van der Waals surface area contributed by atoms with Crippen molar-refractivity contribution in [2.75, 3.05) is 64.8 Å². The number of carbonyl (C=O) groups is 3. The molecule has 0 aliphatic carbocycles. The number of amides is 2. The van der Waals surface area contributed by atoms with Gasteiger partial charge in [-0.2, -0.15) is 0 Å². The minimum Gasteiger partial charge on any atom is -0.481 e. The van der Waals surface area contributed by atoms with Gasteiger partial charge in [0.2, 0.25) is 5.91 Å². The zero-order valence-electron chi connectivity index (χ0n) is 20.2. The molecule has 33 heavy (non-hydrogen) atoms. The molecule has 182 valence electrons. The van der Waals surface area contributed by atoms with E-state index in [0.29, 0.717) is 18.7 Å². The van der Waals surface area contributed by atoms with Crippen LogP contribution < -0.4 is 4.90 Å². The number of carbonyl (C=O) groups excluding carboxylic acids is 2. The second kappa shape index (κ2) is 11.5. The van der Waals surface area contributed by atoms with E-state index in [0.717, 1.165) is 57.7 Å². The minimum absolute atomic E-state index is 0.0194. The van der Waals surface area contributed by atoms with Crippen molar-refractivity contribution in [3.8, 4) is 0 Å². The standard InChI is InChI=1S/C25H38N4O4/c1-19(30)28-12-4-11-27(15-16-28)13-9-22-18-29(14-10-21(22)17-24(31)32)25(33)20-5-7-23(8-6-20)26(2)3/h5-8,21-22H,4,9-18H2,1-3H3,(H,31,32)/t21-,22+/m0/s1. The third-order valence-electron chi connectivity index (χ3n) is 7.10. The molecule has 0 radical (unpaired) electrons. The summed E-state index contributed by atoms with van der Waals surface area (Å²) in [5.74, 6) is -0.379. The van der Waals surface area contributed by atoms with Crippen molar-refractivity contribution < 1.29 is 19.5 Å². The molecule has 2 heterocycles. The Balaban J connectivity index is 1.62. The normalized spacial score (nSPS) is 22.0. The summed E-state index contributed by atoms with van der Waals surface area (Å²) in [6.07, 6.45) is 2.69. The lowest BCUT2D eigenvalue weighted by molar-refractivity contribution is -0.139. The van der Waals surface area contributed by atoms with Gasteiger partial charge < -0.3 is 24.7 Å². The Bertz CT molecular complexity index is 826. The smallest absolute Gasteiger partial charge is 0.303 e. The highest BCUT2D eigenvalue weighted by molar-refractivity contribution is 5.94. The molecule has 2 amide bonds. The van der Waals surface area contributed by atoms with Crippen LogP contribution in [0.1, 0.15) is 43.0 Å². The lowest BCUT2D eigenvalue weighted by Gasteiger charge is -2.39. The van der Waals surface area contributed by atoms with Crippen LogP contribution in [0.4, 0.5) is 5.69 Å². The van der Waals surface area contributed by atoms with Crippen molar-refractivity contribution >= 4 is 23.5 Å². The molecule has 2 aliphatic rings. The molecule has 8 nitrogen and oxygen atoms in total. The third kappa shape index (κ3) is 6.93. The van der Waals surface area contributed by atoms with Crippen molar-refractivity contribution in [1.82, 2.24) is 14.7 Å². The maximum absolute atomic E-state index is 13.2. The van der Waals surface area contributed by atoms with Gasteiger partial charge in [-0.25, -0.2) is 0 Å². The molecule has 2 atom stereocenters. The van der Waals surface area contributed by atoms with E-state index in [4.69, 9.17) is 0 Å². The molecule has 0 unspecified atom stereocenters. The van der Waals surface area contributed by atoms with Crippen LogP contribution in [0.25, 0.3) is 0 Å². The maximum atomic E-state index is 13.2. The van der Waals surface area contributed by atoms with Crippen molar-refractivity contribution in [2.24, 2.45) is 11.8 Å². The molecule has 0 saturated carbocycles. The third-order valence-corrected chi connectivity index (χ3v) is 7.10. The van der Waals surface area contributed by atoms with Crippen LogP contribution in [0, 0.1) is 11.8 Å². The van der Waals surface area contributed by atoms with Gasteiger partial charge in [-0.15, -0.1) is 0 Å². The van der Waals surface area contributed by atoms with Crippen molar-refractivity contribution in [3.05, 3.63) is 29.8 Å². The molecule has 3 rings (SSSR count). The van der Waals surface area contributed by atoms with Crippen LogP contribution in [0.5, 0.6) is 0 Å². The van der Waals surface area contributed by atoms with Gasteiger partial charge in [-0.1, -0.05) is 0 Å². The molecule has 2 fully saturated rings. The van der Waals surface area contributed by atoms with Gasteiger partial charge in [0.25, 0.3) is 5.91 Å². The summed E-state index contributed by atoms with van der Waals surface area (Å²) < 4.78 is 0. The number of carboxylic acids is 1. The quantitative estimate of drug-likeness (QED) is 0.675. The van der Waals surface area contributed by atoms with E-state index >= 15 is 0 Å². The fourth-order valence-corrected chi connectivity index (χ4v) is 5.03. The average Bonchev–Trinajstić information content (AvgIpc) is 3.03. The molecule has 2 saturated heterocycles. The van der Waals surface area contributed by atoms with Gasteiger partial charge in [0.05, 0.1) is 0 Å². The summed E-state index contributed by atoms with van der Waals surface area (Å²) in [6.45, 7) is 7.01. The zero-order chi connectivity index (χ0) is 24.0. The van der Waals surface area contributed by atoms with E-state index in [2.05, 4.69) is 4.90 Å². The van der Waals surface area contributed by atoms with Crippen LogP contribution in [-0.4, -0.2) is 97.5 Å². The number of rotatable bonds is 7. The first-order valence-electron chi connectivity index (χ1n) is 12.0. The number of nitrogens with zero attached hydrogens (tertiary/aromatic N) is 4. The molecular formula is C25H38N4O4. The summed E-state index contributed by atoms with van der Waals surface area (Å²) in [6, 6.07) is 7.64. The van der Waals surface area contributed by atoms with Crippen LogP contribution in [0.2, 0.25) is 0 Å². The van der Waals surface area contributed by atoms with Crippen LogP contribution in [-0.2, 0) is 9.59 Å². The maximum Gasteiger partial charge on any atom is 0.303 e. The lowest BCUT2D eigenvalue weighted by Crippen LogP contribution is -2.45. The first-order chi connectivity index (χ1) is 15.7. The molecule has 1 aromatic carbocycles. The van der Waals surface area contributed by atoms with E-state index in [9.17, 15) is 19.5 Å². The Kier molecular flexibility index (Phi) is 8.72. The second-order valence-electron chi connectivity index (χ2n) is 9.59. The summed E-state index contributed by atoms with van der Waals surface area (Å²) in [4.78, 5) is 44.5. The second-order valence-corrected chi connectivity index (χ2v) is 9.59. The fraction of sp³-hybridized carbons (Fsp3) is 0.640. The summed E-state index contributed by atoms with van der Waals surface area (Å²) in [5, 5.41) is 9.41. The number of benzene rings is 1. The van der Waals surface area contributed by atoms with E-state index in [1.807, 2.05) is 53.1 Å². The number of aliphatic carboxylic acids is 1. The molecule has 1 N–H and O–H groups in total. The highest BCUT2D eigenvalue weighted by Gasteiger charge is 2.33. The molecule has 0 spiro atoms. The number of likely N-dealkylation sites (tertiary alicyclic amines) is 1. The first kappa shape index (κ1) is 25.0. The molecule has 2 aliphatic heterocycles. The van der Waals surface area contributed by atoms with Gasteiger partial charge in [-0.3, -0.25) is 14.4 Å². The fourth-order valence-electron chi connectivity index (χ4n) is 5.03. The van der Waals surface area contributed by atoms with Crippen molar-refractivity contribution in [3.63, 3.8) is 0 Å². The Labute approximate surface area is 197 Å². The van der Waals surface area contributed by atoms with Gasteiger partial charge in [0, 0.05) is 71.4 Å². The molecule has 8 heteroatoms. The molecular weight excluding hydrogens is 420 g/mol. The Morgan fingerprint density at radius 1 is 0.970 bits per heavy atom. The van der Waals surface area contributed by atoms with Gasteiger partial charge in [0.15, 0.2) is 0 Å². The van der Waals surface area contributed by atoms with Crippen LogP contribution in [0.3, 0.4) is 0 Å². The minimum atomic E-state index is -0.768. The van der Waals surface area contributed by atoms with Crippen molar-refractivity contribution in [2.45, 2.75) is 32.6 Å². The average molecular weight is 459 g/mol. The number of piperidine rings is 1. The van der Waals surface area contributed by atoms with E-state index in [1.54, 1.807) is 6.92 Å². The highest BCUT2D eigenvalue weighted by Crippen LogP contribution is 2.30. The van der Waals surface area contributed by atoms with Crippen LogP contribution in [0.15, 0.2) is 24.3 Å². The predicted molar refractivity (Wildman–Crippen MR) is 128 cm³/mol. The zero-order valence-corrected chi connectivity index (χ0v) is 20.2. The van der Waals surface area contributed by atoms with E-state index < -0.39 is 5.97 Å². The largest absolute Gasteiger partial charge is 0.481 e. The monoisotopic (exact) mass is 458 g/mol. The Morgan fingerprint density at radius 3 is 2.33 bits per heavy atom. The molecule has 0 bridgehead atoms. The van der Waals surface area contributed by atoms with Gasteiger partial charge in [0.1, 0.15) is 0 Å². The number of hydrogen-bond acceptors (Lipinski definition) is 5. The van der Waals surface area contributed by atoms with Crippen molar-refractivity contribution in [1.29, 1.82) is 0 Å². The summed E-state index contributed by atoms with van der Waals surface area (Å²) in [5.41, 5.74) is 1.72. The van der Waals surface area contributed by atoms with Crippen LogP contribution >= 0.6 is 0 Å². The molecule has 1 aromatic rings. The van der Waals surface area contributed by atoms with Gasteiger partial charge in [-0.05, 0) is 68.5 Å². The van der Waals surface area contributed by atoms with Gasteiger partial charge >= 0.3 is 5.97 Å².